The number of rotatable bonds is 7. The van der Waals surface area contributed by atoms with E-state index < -0.39 is 0 Å². The highest BCUT2D eigenvalue weighted by atomic mass is 16.7. The van der Waals surface area contributed by atoms with Gasteiger partial charge >= 0.3 is 6.03 Å². The molecule has 10 nitrogen and oxygen atoms in total. The maximum absolute atomic E-state index is 12.4. The van der Waals surface area contributed by atoms with E-state index in [1.807, 2.05) is 19.1 Å². The Labute approximate surface area is 216 Å². The van der Waals surface area contributed by atoms with E-state index in [2.05, 4.69) is 26.2 Å². The molecule has 1 saturated carbocycles. The average molecular weight is 508 g/mol. The fourth-order valence-electron chi connectivity index (χ4n) is 5.14. The molecular formula is C27H33N5O5. The van der Waals surface area contributed by atoms with Crippen molar-refractivity contribution in [2.75, 3.05) is 31.7 Å². The van der Waals surface area contributed by atoms with Gasteiger partial charge in [0.2, 0.25) is 12.7 Å². The van der Waals surface area contributed by atoms with Crippen LogP contribution in [0.4, 0.5) is 10.5 Å². The minimum Gasteiger partial charge on any atom is -0.454 e. The quantitative estimate of drug-likeness (QED) is 0.457. The van der Waals surface area contributed by atoms with Crippen molar-refractivity contribution in [1.82, 2.24) is 20.9 Å². The van der Waals surface area contributed by atoms with Gasteiger partial charge in [-0.1, -0.05) is 17.7 Å². The summed E-state index contributed by atoms with van der Waals surface area (Å²) in [6.07, 6.45) is 3.83. The van der Waals surface area contributed by atoms with Gasteiger partial charge < -0.3 is 30.7 Å². The van der Waals surface area contributed by atoms with E-state index in [-0.39, 0.29) is 43.3 Å². The molecule has 0 bridgehead atoms. The van der Waals surface area contributed by atoms with Gasteiger partial charge in [-0.15, -0.1) is 0 Å². The summed E-state index contributed by atoms with van der Waals surface area (Å²) in [6, 6.07) is 13.1. The molecule has 5 rings (SSSR count). The van der Waals surface area contributed by atoms with Crippen LogP contribution in [0.1, 0.15) is 41.6 Å². The lowest BCUT2D eigenvalue weighted by atomic mass is 9.88. The zero-order chi connectivity index (χ0) is 25.8. The fraction of sp³-hybridized carbons (Fsp3) is 0.444. The van der Waals surface area contributed by atoms with Crippen LogP contribution in [0.2, 0.25) is 0 Å². The lowest BCUT2D eigenvalue weighted by Crippen LogP contribution is -2.63. The molecule has 4 N–H and O–H groups in total. The second-order valence-corrected chi connectivity index (χ2v) is 9.94. The van der Waals surface area contributed by atoms with Crippen molar-refractivity contribution in [2.45, 2.75) is 50.7 Å². The molecule has 196 valence electrons. The molecule has 0 unspecified atom stereocenters. The van der Waals surface area contributed by atoms with E-state index in [1.54, 1.807) is 30.3 Å². The van der Waals surface area contributed by atoms with Crippen molar-refractivity contribution in [1.29, 1.82) is 0 Å². The van der Waals surface area contributed by atoms with Crippen LogP contribution in [0, 0.1) is 6.92 Å². The highest BCUT2D eigenvalue weighted by Gasteiger charge is 2.35. The van der Waals surface area contributed by atoms with Gasteiger partial charge in [0.15, 0.2) is 11.5 Å². The number of urea groups is 1. The Kier molecular flexibility index (Phi) is 7.45. The predicted molar refractivity (Wildman–Crippen MR) is 138 cm³/mol. The number of hydrogen-bond donors (Lipinski definition) is 4. The van der Waals surface area contributed by atoms with Crippen molar-refractivity contribution in [3.05, 3.63) is 53.6 Å². The van der Waals surface area contributed by atoms with E-state index in [0.29, 0.717) is 28.8 Å². The monoisotopic (exact) mass is 507 g/mol. The number of anilines is 1. The van der Waals surface area contributed by atoms with Crippen LogP contribution in [-0.2, 0) is 4.79 Å². The highest BCUT2D eigenvalue weighted by Crippen LogP contribution is 2.34. The molecule has 37 heavy (non-hydrogen) atoms. The van der Waals surface area contributed by atoms with Crippen molar-refractivity contribution < 1.29 is 23.9 Å². The van der Waals surface area contributed by atoms with E-state index in [4.69, 9.17) is 9.47 Å². The summed E-state index contributed by atoms with van der Waals surface area (Å²) in [4.78, 5) is 39.3. The van der Waals surface area contributed by atoms with Crippen LogP contribution >= 0.6 is 0 Å². The number of carbonyl (C=O) groups excluding carboxylic acids is 3. The Hall–Kier alpha value is -3.79. The van der Waals surface area contributed by atoms with Gasteiger partial charge in [-0.05, 0) is 56.9 Å². The van der Waals surface area contributed by atoms with Gasteiger partial charge in [-0.2, -0.15) is 0 Å². The van der Waals surface area contributed by atoms with Crippen molar-refractivity contribution in [3.8, 4) is 11.5 Å². The molecule has 2 aliphatic heterocycles. The minimum absolute atomic E-state index is 0.0334. The summed E-state index contributed by atoms with van der Waals surface area (Å²) in [5, 5.41) is 11.6. The SMILES string of the molecule is Cc1cccc(C(=O)NCC(=O)NC2CN([C@H]3CC[C@@H](NC(=O)Nc4ccc5c(c4)OCO5)CC3)C2)c1. The Morgan fingerprint density at radius 1 is 0.919 bits per heavy atom. The second-order valence-electron chi connectivity index (χ2n) is 9.94. The summed E-state index contributed by atoms with van der Waals surface area (Å²) in [7, 11) is 0. The molecular weight excluding hydrogens is 474 g/mol. The van der Waals surface area contributed by atoms with Gasteiger partial charge in [-0.25, -0.2) is 4.79 Å². The molecule has 3 aliphatic rings. The van der Waals surface area contributed by atoms with Crippen LogP contribution < -0.4 is 30.7 Å². The predicted octanol–water partition coefficient (Wildman–Crippen LogP) is 2.39. The van der Waals surface area contributed by atoms with Gasteiger partial charge in [0.25, 0.3) is 5.91 Å². The van der Waals surface area contributed by atoms with Crippen LogP contribution in [0.5, 0.6) is 11.5 Å². The number of benzene rings is 2. The fourth-order valence-corrected chi connectivity index (χ4v) is 5.14. The molecule has 0 atom stereocenters. The Balaban J connectivity index is 0.964. The number of aryl methyl sites for hydroxylation is 1. The Bertz CT molecular complexity index is 1160. The van der Waals surface area contributed by atoms with Crippen LogP contribution in [0.15, 0.2) is 42.5 Å². The molecule has 1 aliphatic carbocycles. The van der Waals surface area contributed by atoms with E-state index in [0.717, 1.165) is 44.3 Å². The number of likely N-dealkylation sites (tertiary alicyclic amines) is 1. The van der Waals surface area contributed by atoms with E-state index >= 15 is 0 Å². The van der Waals surface area contributed by atoms with Crippen LogP contribution in [-0.4, -0.2) is 67.3 Å². The Morgan fingerprint density at radius 3 is 2.49 bits per heavy atom. The third kappa shape index (κ3) is 6.32. The first-order chi connectivity index (χ1) is 17.9. The minimum atomic E-state index is -0.246. The molecule has 2 heterocycles. The average Bonchev–Trinajstić information content (AvgIpc) is 3.33. The highest BCUT2D eigenvalue weighted by molar-refractivity contribution is 5.96. The topological polar surface area (TPSA) is 121 Å². The summed E-state index contributed by atoms with van der Waals surface area (Å²) in [6.45, 7) is 3.71. The molecule has 10 heteroatoms. The number of amides is 4. The smallest absolute Gasteiger partial charge is 0.319 e. The lowest BCUT2D eigenvalue weighted by molar-refractivity contribution is -0.122. The van der Waals surface area contributed by atoms with Crippen molar-refractivity contribution in [2.24, 2.45) is 0 Å². The molecule has 4 amide bonds. The zero-order valence-electron chi connectivity index (χ0n) is 20.9. The van der Waals surface area contributed by atoms with Crippen LogP contribution in [0.25, 0.3) is 0 Å². The first-order valence-electron chi connectivity index (χ1n) is 12.8. The van der Waals surface area contributed by atoms with Gasteiger partial charge in [-0.3, -0.25) is 14.5 Å². The molecule has 0 radical (unpaired) electrons. The summed E-state index contributed by atoms with van der Waals surface area (Å²) in [5.41, 5.74) is 2.22. The normalized spacial score (nSPS) is 21.0. The van der Waals surface area contributed by atoms with Gasteiger partial charge in [0.05, 0.1) is 12.6 Å². The molecule has 1 saturated heterocycles. The molecule has 2 aromatic carbocycles. The number of fused-ring (bicyclic) bond motifs is 1. The lowest BCUT2D eigenvalue weighted by Gasteiger charge is -2.46. The van der Waals surface area contributed by atoms with Gasteiger partial charge in [0.1, 0.15) is 0 Å². The Morgan fingerprint density at radius 2 is 1.70 bits per heavy atom. The first-order valence-corrected chi connectivity index (χ1v) is 12.8. The molecule has 0 spiro atoms. The summed E-state index contributed by atoms with van der Waals surface area (Å²) >= 11 is 0. The largest absolute Gasteiger partial charge is 0.454 e. The maximum atomic E-state index is 12.4. The van der Waals surface area contributed by atoms with E-state index in [1.165, 1.54) is 0 Å². The summed E-state index contributed by atoms with van der Waals surface area (Å²) in [5.74, 6) is 0.896. The van der Waals surface area contributed by atoms with Crippen molar-refractivity contribution in [3.63, 3.8) is 0 Å². The van der Waals surface area contributed by atoms with E-state index in [9.17, 15) is 14.4 Å². The third-order valence-corrected chi connectivity index (χ3v) is 7.14. The first kappa shape index (κ1) is 24.9. The number of nitrogens with one attached hydrogen (secondary N) is 4. The number of nitrogens with zero attached hydrogens (tertiary/aromatic N) is 1. The number of ether oxygens (including phenoxy) is 2. The molecule has 2 fully saturated rings. The van der Waals surface area contributed by atoms with Crippen molar-refractivity contribution >= 4 is 23.5 Å². The number of hydrogen-bond acceptors (Lipinski definition) is 6. The zero-order valence-corrected chi connectivity index (χ0v) is 20.9. The third-order valence-electron chi connectivity index (χ3n) is 7.14. The number of carbonyl (C=O) groups is 3. The molecule has 2 aromatic rings. The standard InChI is InChI=1S/C27H33N5O5/c1-17-3-2-4-18(11-17)26(34)28-13-25(33)29-21-14-32(15-21)22-8-5-19(6-9-22)30-27(35)31-20-7-10-23-24(12-20)37-16-36-23/h2-4,7,10-12,19,21-22H,5-6,8-9,13-16H2,1H3,(H,28,34)(H,29,33)(H2,30,31,35)/t19-,22+. The van der Waals surface area contributed by atoms with Gasteiger partial charge in [0, 0.05) is 42.5 Å². The summed E-state index contributed by atoms with van der Waals surface area (Å²) < 4.78 is 10.6. The second kappa shape index (κ2) is 11.1. The molecule has 0 aromatic heterocycles. The maximum Gasteiger partial charge on any atom is 0.319 e. The van der Waals surface area contributed by atoms with Crippen LogP contribution in [0.3, 0.4) is 0 Å².